The highest BCUT2D eigenvalue weighted by Crippen LogP contribution is 2.34. The minimum absolute atomic E-state index is 0.0305. The van der Waals surface area contributed by atoms with Crippen LogP contribution in [0.2, 0.25) is 0 Å². The number of aryl methyl sites for hydroxylation is 1. The third-order valence-electron chi connectivity index (χ3n) is 5.17. The Morgan fingerprint density at radius 2 is 1.92 bits per heavy atom. The van der Waals surface area contributed by atoms with Crippen LogP contribution in [0.1, 0.15) is 19.8 Å². The molecule has 134 valence electrons. The van der Waals surface area contributed by atoms with E-state index in [9.17, 15) is 9.59 Å². The SMILES string of the molecule is CCCn1c2ccccc2c2cc(N3CC(C(=O)OC)CC3=O)ccc21. The van der Waals surface area contributed by atoms with E-state index in [1.807, 2.05) is 12.1 Å². The summed E-state index contributed by atoms with van der Waals surface area (Å²) >= 11 is 0. The number of nitrogens with zero attached hydrogens (tertiary/aromatic N) is 2. The van der Waals surface area contributed by atoms with Gasteiger partial charge in [0.25, 0.3) is 0 Å². The molecule has 26 heavy (non-hydrogen) atoms. The molecule has 4 rings (SSSR count). The molecule has 2 aromatic carbocycles. The van der Waals surface area contributed by atoms with Crippen molar-refractivity contribution < 1.29 is 14.3 Å². The summed E-state index contributed by atoms with van der Waals surface area (Å²) in [6, 6.07) is 14.5. The van der Waals surface area contributed by atoms with E-state index in [1.165, 1.54) is 23.5 Å². The van der Waals surface area contributed by atoms with Crippen LogP contribution in [0.25, 0.3) is 21.8 Å². The molecule has 5 nitrogen and oxygen atoms in total. The predicted molar refractivity (Wildman–Crippen MR) is 102 cm³/mol. The molecular weight excluding hydrogens is 328 g/mol. The minimum Gasteiger partial charge on any atom is -0.469 e. The van der Waals surface area contributed by atoms with Crippen LogP contribution in [-0.2, 0) is 20.9 Å². The molecule has 3 aromatic rings. The number of rotatable bonds is 4. The van der Waals surface area contributed by atoms with Crippen LogP contribution in [0.15, 0.2) is 42.5 Å². The summed E-state index contributed by atoms with van der Waals surface area (Å²) in [6.45, 7) is 3.51. The summed E-state index contributed by atoms with van der Waals surface area (Å²) in [4.78, 5) is 25.9. The lowest BCUT2D eigenvalue weighted by Gasteiger charge is -2.17. The highest BCUT2D eigenvalue weighted by molar-refractivity contribution is 6.10. The monoisotopic (exact) mass is 350 g/mol. The molecule has 2 heterocycles. The maximum absolute atomic E-state index is 12.4. The molecule has 1 fully saturated rings. The van der Waals surface area contributed by atoms with Crippen molar-refractivity contribution in [3.05, 3.63) is 42.5 Å². The molecular formula is C21H22N2O3. The Labute approximate surface area is 152 Å². The third-order valence-corrected chi connectivity index (χ3v) is 5.17. The largest absolute Gasteiger partial charge is 0.469 e. The Hall–Kier alpha value is -2.82. The summed E-state index contributed by atoms with van der Waals surface area (Å²) in [5.41, 5.74) is 3.22. The van der Waals surface area contributed by atoms with Crippen molar-refractivity contribution in [1.29, 1.82) is 0 Å². The topological polar surface area (TPSA) is 51.5 Å². The van der Waals surface area contributed by atoms with Crippen LogP contribution in [0.3, 0.4) is 0 Å². The zero-order valence-electron chi connectivity index (χ0n) is 15.1. The Morgan fingerprint density at radius 1 is 1.15 bits per heavy atom. The minimum atomic E-state index is -0.385. The van der Waals surface area contributed by atoms with Crippen molar-refractivity contribution in [1.82, 2.24) is 4.57 Å². The van der Waals surface area contributed by atoms with Crippen molar-refractivity contribution in [2.45, 2.75) is 26.3 Å². The molecule has 1 amide bonds. The van der Waals surface area contributed by atoms with Gasteiger partial charge in [0, 0.05) is 47.0 Å². The quantitative estimate of drug-likeness (QED) is 0.674. The van der Waals surface area contributed by atoms with Crippen molar-refractivity contribution in [2.24, 2.45) is 5.92 Å². The first-order valence-electron chi connectivity index (χ1n) is 9.03. The molecule has 0 spiro atoms. The van der Waals surface area contributed by atoms with Gasteiger partial charge in [0.2, 0.25) is 5.91 Å². The highest BCUT2D eigenvalue weighted by atomic mass is 16.5. The molecule has 0 radical (unpaired) electrons. The van der Waals surface area contributed by atoms with Crippen molar-refractivity contribution in [3.8, 4) is 0 Å². The highest BCUT2D eigenvalue weighted by Gasteiger charge is 2.36. The number of fused-ring (bicyclic) bond motifs is 3. The van der Waals surface area contributed by atoms with Gasteiger partial charge < -0.3 is 14.2 Å². The molecule has 0 saturated carbocycles. The Morgan fingerprint density at radius 3 is 2.69 bits per heavy atom. The average molecular weight is 350 g/mol. The smallest absolute Gasteiger partial charge is 0.311 e. The van der Waals surface area contributed by atoms with Crippen LogP contribution < -0.4 is 4.90 Å². The van der Waals surface area contributed by atoms with Gasteiger partial charge in [0.1, 0.15) is 0 Å². The van der Waals surface area contributed by atoms with Crippen molar-refractivity contribution in [2.75, 3.05) is 18.6 Å². The molecule has 0 bridgehead atoms. The van der Waals surface area contributed by atoms with E-state index in [2.05, 4.69) is 41.8 Å². The number of amides is 1. The normalized spacial score (nSPS) is 17.4. The number of esters is 1. The number of benzene rings is 2. The fourth-order valence-corrected chi connectivity index (χ4v) is 3.96. The Kier molecular flexibility index (Phi) is 4.15. The van der Waals surface area contributed by atoms with E-state index in [-0.39, 0.29) is 24.2 Å². The summed E-state index contributed by atoms with van der Waals surface area (Å²) in [5, 5.41) is 2.33. The molecule has 1 aromatic heterocycles. The Bertz CT molecular complexity index is 1010. The van der Waals surface area contributed by atoms with Gasteiger partial charge >= 0.3 is 5.97 Å². The lowest BCUT2D eigenvalue weighted by Crippen LogP contribution is -2.26. The number of hydrogen-bond donors (Lipinski definition) is 0. The zero-order chi connectivity index (χ0) is 18.3. The number of para-hydroxylation sites is 1. The van der Waals surface area contributed by atoms with Crippen LogP contribution in [0, 0.1) is 5.92 Å². The predicted octanol–water partition coefficient (Wildman–Crippen LogP) is 3.73. The molecule has 1 saturated heterocycles. The van der Waals surface area contributed by atoms with E-state index in [0.717, 1.165) is 24.0 Å². The fourth-order valence-electron chi connectivity index (χ4n) is 3.96. The number of methoxy groups -OCH3 is 1. The number of ether oxygens (including phenoxy) is 1. The molecule has 0 aliphatic carbocycles. The number of aromatic nitrogens is 1. The van der Waals surface area contributed by atoms with E-state index in [0.29, 0.717) is 6.54 Å². The van der Waals surface area contributed by atoms with Crippen molar-refractivity contribution >= 4 is 39.4 Å². The second-order valence-electron chi connectivity index (χ2n) is 6.80. The number of anilines is 1. The van der Waals surface area contributed by atoms with E-state index in [4.69, 9.17) is 4.74 Å². The Balaban J connectivity index is 1.80. The molecule has 1 atom stereocenters. The second-order valence-corrected chi connectivity index (χ2v) is 6.80. The lowest BCUT2D eigenvalue weighted by atomic mass is 10.1. The summed E-state index contributed by atoms with van der Waals surface area (Å²) in [6.07, 6.45) is 1.27. The van der Waals surface area contributed by atoms with Gasteiger partial charge in [-0.2, -0.15) is 0 Å². The molecule has 1 aliphatic heterocycles. The fraction of sp³-hybridized carbons (Fsp3) is 0.333. The summed E-state index contributed by atoms with van der Waals surface area (Å²) < 4.78 is 7.13. The standard InChI is InChI=1S/C21H22N2O3/c1-3-10-22-18-7-5-4-6-16(18)17-12-15(8-9-19(17)22)23-13-14(11-20(23)24)21(25)26-2/h4-9,12,14H,3,10-11,13H2,1-2H3. The molecule has 0 N–H and O–H groups in total. The molecule has 1 unspecified atom stereocenters. The lowest BCUT2D eigenvalue weighted by molar-refractivity contribution is -0.145. The van der Waals surface area contributed by atoms with Gasteiger partial charge in [-0.1, -0.05) is 25.1 Å². The van der Waals surface area contributed by atoms with Crippen LogP contribution in [0.5, 0.6) is 0 Å². The van der Waals surface area contributed by atoms with Gasteiger partial charge in [-0.3, -0.25) is 9.59 Å². The van der Waals surface area contributed by atoms with Crippen LogP contribution >= 0.6 is 0 Å². The van der Waals surface area contributed by atoms with Gasteiger partial charge in [0.05, 0.1) is 13.0 Å². The van der Waals surface area contributed by atoms with E-state index in [1.54, 1.807) is 4.90 Å². The summed E-state index contributed by atoms with van der Waals surface area (Å²) in [7, 11) is 1.37. The number of carbonyl (C=O) groups is 2. The van der Waals surface area contributed by atoms with Crippen LogP contribution in [-0.4, -0.2) is 30.1 Å². The molecule has 5 heteroatoms. The third kappa shape index (κ3) is 2.55. The zero-order valence-corrected chi connectivity index (χ0v) is 15.1. The maximum Gasteiger partial charge on any atom is 0.311 e. The summed E-state index contributed by atoms with van der Waals surface area (Å²) in [5.74, 6) is -0.733. The van der Waals surface area contributed by atoms with E-state index >= 15 is 0 Å². The van der Waals surface area contributed by atoms with E-state index < -0.39 is 0 Å². The van der Waals surface area contributed by atoms with Gasteiger partial charge in [0.15, 0.2) is 0 Å². The van der Waals surface area contributed by atoms with Gasteiger partial charge in [-0.25, -0.2) is 0 Å². The first kappa shape index (κ1) is 16.6. The maximum atomic E-state index is 12.4. The van der Waals surface area contributed by atoms with Crippen molar-refractivity contribution in [3.63, 3.8) is 0 Å². The number of carbonyl (C=O) groups excluding carboxylic acids is 2. The second kappa shape index (κ2) is 6.48. The number of hydrogen-bond acceptors (Lipinski definition) is 3. The first-order valence-corrected chi connectivity index (χ1v) is 9.03. The van der Waals surface area contributed by atoms with Gasteiger partial charge in [-0.15, -0.1) is 0 Å². The van der Waals surface area contributed by atoms with Crippen LogP contribution in [0.4, 0.5) is 5.69 Å². The van der Waals surface area contributed by atoms with Gasteiger partial charge in [-0.05, 0) is 30.7 Å². The molecule has 1 aliphatic rings. The average Bonchev–Trinajstić information content (AvgIpc) is 3.20. The first-order chi connectivity index (χ1) is 12.6.